The predicted octanol–water partition coefficient (Wildman–Crippen LogP) is 3.54. The number of halogens is 1. The van der Waals surface area contributed by atoms with Crippen molar-refractivity contribution in [3.63, 3.8) is 0 Å². The van der Waals surface area contributed by atoms with Gasteiger partial charge in [0.15, 0.2) is 0 Å². The number of carbonyl (C=O) groups is 1. The molecule has 0 aliphatic carbocycles. The number of benzene rings is 1. The second kappa shape index (κ2) is 5.42. The largest absolute Gasteiger partial charge is 0.480 e. The number of aliphatic carboxylic acids is 1. The maximum absolute atomic E-state index is 11.0. The molecule has 15 heavy (non-hydrogen) atoms. The van der Waals surface area contributed by atoms with Gasteiger partial charge in [-0.2, -0.15) is 0 Å². The molecule has 0 aliphatic rings. The minimum Gasteiger partial charge on any atom is -0.480 e. The van der Waals surface area contributed by atoms with E-state index in [1.165, 1.54) is 11.8 Å². The van der Waals surface area contributed by atoms with Gasteiger partial charge in [-0.1, -0.05) is 25.4 Å². The summed E-state index contributed by atoms with van der Waals surface area (Å²) < 4.78 is 0. The SMILES string of the molecule is CC(C)C(Sc1ccc(Cl)cc1)C(=O)O. The fourth-order valence-electron chi connectivity index (χ4n) is 1.13. The van der Waals surface area contributed by atoms with Crippen LogP contribution in [0.1, 0.15) is 13.8 Å². The molecule has 0 fully saturated rings. The first-order chi connectivity index (χ1) is 7.00. The van der Waals surface area contributed by atoms with E-state index >= 15 is 0 Å². The van der Waals surface area contributed by atoms with Crippen LogP contribution in [0.2, 0.25) is 5.02 Å². The summed E-state index contributed by atoms with van der Waals surface area (Å²) >= 11 is 7.10. The lowest BCUT2D eigenvalue weighted by atomic mass is 10.1. The first kappa shape index (κ1) is 12.4. The van der Waals surface area contributed by atoms with Gasteiger partial charge in [-0.25, -0.2) is 0 Å². The summed E-state index contributed by atoms with van der Waals surface area (Å²) in [5, 5.41) is 9.26. The topological polar surface area (TPSA) is 37.3 Å². The van der Waals surface area contributed by atoms with Crippen LogP contribution in [0.25, 0.3) is 0 Å². The Labute approximate surface area is 98.6 Å². The monoisotopic (exact) mass is 244 g/mol. The summed E-state index contributed by atoms with van der Waals surface area (Å²) in [7, 11) is 0. The molecule has 0 radical (unpaired) electrons. The van der Waals surface area contributed by atoms with E-state index in [9.17, 15) is 4.79 Å². The molecule has 2 nitrogen and oxygen atoms in total. The molecule has 1 atom stereocenters. The molecule has 0 spiro atoms. The Morgan fingerprint density at radius 3 is 2.27 bits per heavy atom. The van der Waals surface area contributed by atoms with Crippen LogP contribution in [-0.4, -0.2) is 16.3 Å². The zero-order valence-electron chi connectivity index (χ0n) is 8.61. The zero-order valence-corrected chi connectivity index (χ0v) is 10.2. The molecule has 0 aliphatic heterocycles. The van der Waals surface area contributed by atoms with Gasteiger partial charge >= 0.3 is 5.97 Å². The average molecular weight is 245 g/mol. The molecule has 0 bridgehead atoms. The van der Waals surface area contributed by atoms with Crippen LogP contribution in [0.4, 0.5) is 0 Å². The van der Waals surface area contributed by atoms with Crippen LogP contribution in [-0.2, 0) is 4.79 Å². The van der Waals surface area contributed by atoms with E-state index in [1.54, 1.807) is 12.1 Å². The number of rotatable bonds is 4. The molecule has 1 N–H and O–H groups in total. The summed E-state index contributed by atoms with van der Waals surface area (Å²) in [5.74, 6) is -0.673. The van der Waals surface area contributed by atoms with Crippen molar-refractivity contribution in [1.82, 2.24) is 0 Å². The normalized spacial score (nSPS) is 12.8. The van der Waals surface area contributed by atoms with Gasteiger partial charge in [0.25, 0.3) is 0 Å². The number of carboxylic acid groups (broad SMARTS) is 1. The van der Waals surface area contributed by atoms with E-state index in [4.69, 9.17) is 16.7 Å². The smallest absolute Gasteiger partial charge is 0.317 e. The average Bonchev–Trinajstić information content (AvgIpc) is 2.15. The molecule has 0 amide bonds. The zero-order chi connectivity index (χ0) is 11.4. The molecular formula is C11H13ClO2S. The van der Waals surface area contributed by atoms with Crippen LogP contribution in [0, 0.1) is 5.92 Å². The molecule has 0 saturated heterocycles. The van der Waals surface area contributed by atoms with E-state index in [-0.39, 0.29) is 5.92 Å². The molecule has 0 heterocycles. The third kappa shape index (κ3) is 3.76. The molecule has 1 aromatic carbocycles. The van der Waals surface area contributed by atoms with Gasteiger partial charge in [0.2, 0.25) is 0 Å². The van der Waals surface area contributed by atoms with Crippen molar-refractivity contribution in [2.75, 3.05) is 0 Å². The Bertz CT molecular complexity index is 335. The maximum atomic E-state index is 11.0. The standard InChI is InChI=1S/C11H13ClO2S/c1-7(2)10(11(13)14)15-9-5-3-8(12)4-6-9/h3-7,10H,1-2H3,(H,13,14). The van der Waals surface area contributed by atoms with E-state index in [0.717, 1.165) is 4.90 Å². The summed E-state index contributed by atoms with van der Waals surface area (Å²) in [4.78, 5) is 11.9. The Morgan fingerprint density at radius 2 is 1.87 bits per heavy atom. The van der Waals surface area contributed by atoms with Gasteiger partial charge in [-0.3, -0.25) is 4.79 Å². The van der Waals surface area contributed by atoms with Crippen molar-refractivity contribution < 1.29 is 9.90 Å². The van der Waals surface area contributed by atoms with E-state index in [2.05, 4.69) is 0 Å². The highest BCUT2D eigenvalue weighted by atomic mass is 35.5. The van der Waals surface area contributed by atoms with Crippen LogP contribution in [0.3, 0.4) is 0 Å². The van der Waals surface area contributed by atoms with Gasteiger partial charge in [0.05, 0.1) is 0 Å². The van der Waals surface area contributed by atoms with Crippen molar-refractivity contribution in [3.05, 3.63) is 29.3 Å². The summed E-state index contributed by atoms with van der Waals surface area (Å²) in [6, 6.07) is 7.21. The lowest BCUT2D eigenvalue weighted by Gasteiger charge is -2.15. The van der Waals surface area contributed by atoms with Crippen molar-refractivity contribution >= 4 is 29.3 Å². The molecule has 1 aromatic rings. The van der Waals surface area contributed by atoms with E-state index < -0.39 is 11.2 Å². The third-order valence-electron chi connectivity index (χ3n) is 1.93. The molecular weight excluding hydrogens is 232 g/mol. The van der Waals surface area contributed by atoms with E-state index in [0.29, 0.717) is 5.02 Å². The van der Waals surface area contributed by atoms with Crippen LogP contribution in [0.5, 0.6) is 0 Å². The Morgan fingerprint density at radius 1 is 1.33 bits per heavy atom. The quantitative estimate of drug-likeness (QED) is 0.824. The number of hydrogen-bond acceptors (Lipinski definition) is 2. The molecule has 1 rings (SSSR count). The lowest BCUT2D eigenvalue weighted by Crippen LogP contribution is -2.22. The van der Waals surface area contributed by atoms with Crippen LogP contribution >= 0.6 is 23.4 Å². The highest BCUT2D eigenvalue weighted by Gasteiger charge is 2.22. The summed E-state index contributed by atoms with van der Waals surface area (Å²) in [5.41, 5.74) is 0. The summed E-state index contributed by atoms with van der Waals surface area (Å²) in [6.45, 7) is 3.81. The molecule has 0 aromatic heterocycles. The van der Waals surface area contributed by atoms with Crippen molar-refractivity contribution in [1.29, 1.82) is 0 Å². The van der Waals surface area contributed by atoms with Gasteiger partial charge in [0, 0.05) is 9.92 Å². The molecule has 0 saturated carbocycles. The fourth-order valence-corrected chi connectivity index (χ4v) is 2.22. The second-order valence-corrected chi connectivity index (χ2v) is 5.23. The van der Waals surface area contributed by atoms with Gasteiger partial charge < -0.3 is 5.11 Å². The third-order valence-corrected chi connectivity index (χ3v) is 3.72. The van der Waals surface area contributed by atoms with Crippen LogP contribution < -0.4 is 0 Å². The number of hydrogen-bond donors (Lipinski definition) is 1. The first-order valence-corrected chi connectivity index (χ1v) is 5.91. The summed E-state index contributed by atoms with van der Waals surface area (Å²) in [6.07, 6.45) is 0. The number of thioether (sulfide) groups is 1. The van der Waals surface area contributed by atoms with Crippen molar-refractivity contribution in [2.45, 2.75) is 24.0 Å². The first-order valence-electron chi connectivity index (χ1n) is 4.65. The fraction of sp³-hybridized carbons (Fsp3) is 0.364. The second-order valence-electron chi connectivity index (χ2n) is 3.57. The van der Waals surface area contributed by atoms with E-state index in [1.807, 2.05) is 26.0 Å². The Hall–Kier alpha value is -0.670. The number of carboxylic acids is 1. The Balaban J connectivity index is 2.74. The lowest BCUT2D eigenvalue weighted by molar-refractivity contribution is -0.137. The molecule has 1 unspecified atom stereocenters. The predicted molar refractivity (Wildman–Crippen MR) is 63.6 cm³/mol. The van der Waals surface area contributed by atoms with Gasteiger partial charge in [0.1, 0.15) is 5.25 Å². The van der Waals surface area contributed by atoms with Gasteiger partial charge in [-0.15, -0.1) is 11.8 Å². The minimum atomic E-state index is -0.773. The molecule has 4 heteroatoms. The Kier molecular flexibility index (Phi) is 4.48. The maximum Gasteiger partial charge on any atom is 0.317 e. The molecule has 82 valence electrons. The highest BCUT2D eigenvalue weighted by Crippen LogP contribution is 2.29. The minimum absolute atomic E-state index is 0.100. The van der Waals surface area contributed by atoms with Crippen molar-refractivity contribution in [3.8, 4) is 0 Å². The van der Waals surface area contributed by atoms with Gasteiger partial charge in [-0.05, 0) is 30.2 Å². The highest BCUT2D eigenvalue weighted by molar-refractivity contribution is 8.00. The van der Waals surface area contributed by atoms with Crippen molar-refractivity contribution in [2.24, 2.45) is 5.92 Å². The van der Waals surface area contributed by atoms with Crippen LogP contribution in [0.15, 0.2) is 29.2 Å².